The van der Waals surface area contributed by atoms with Crippen LogP contribution in [0, 0.1) is 6.92 Å². The molecule has 1 amide bonds. The zero-order valence-corrected chi connectivity index (χ0v) is 21.2. The number of unbranched alkanes of at least 4 members (excludes halogenated alkanes) is 4. The van der Waals surface area contributed by atoms with E-state index in [9.17, 15) is 4.79 Å². The molecule has 1 N–H and O–H groups in total. The van der Waals surface area contributed by atoms with Gasteiger partial charge in [0.15, 0.2) is 11.5 Å². The molecule has 2 aliphatic heterocycles. The van der Waals surface area contributed by atoms with Crippen LogP contribution >= 0.6 is 0 Å². The van der Waals surface area contributed by atoms with E-state index >= 15 is 0 Å². The zero-order chi connectivity index (χ0) is 24.3. The second-order valence-corrected chi connectivity index (χ2v) is 10.1. The van der Waals surface area contributed by atoms with Crippen LogP contribution < -0.4 is 19.7 Å². The number of carbonyl (C=O) groups excluding carboxylic acids is 1. The second kappa shape index (κ2) is 9.73. The lowest BCUT2D eigenvalue weighted by Gasteiger charge is -2.40. The molecule has 4 rings (SSSR count). The minimum Gasteiger partial charge on any atom is -0.493 e. The number of nitrogens with zero attached hydrogens (tertiary/aromatic N) is 1. The molecule has 0 spiro atoms. The highest BCUT2D eigenvalue weighted by atomic mass is 16.5. The van der Waals surface area contributed by atoms with Gasteiger partial charge in [-0.3, -0.25) is 4.79 Å². The summed E-state index contributed by atoms with van der Waals surface area (Å²) in [5.41, 5.74) is 3.72. The molecule has 182 valence electrons. The molecule has 2 aromatic carbocycles. The van der Waals surface area contributed by atoms with Crippen LogP contribution in [-0.4, -0.2) is 31.8 Å². The summed E-state index contributed by atoms with van der Waals surface area (Å²) in [5, 5.41) is 3.29. The molecule has 1 fully saturated rings. The number of rotatable bonds is 10. The Morgan fingerprint density at radius 2 is 1.85 bits per heavy atom. The first kappa shape index (κ1) is 24.2. The summed E-state index contributed by atoms with van der Waals surface area (Å²) < 4.78 is 11.6. The van der Waals surface area contributed by atoms with Crippen molar-refractivity contribution in [3.05, 3.63) is 59.2 Å². The van der Waals surface area contributed by atoms with Crippen LogP contribution in [0.25, 0.3) is 6.08 Å². The van der Waals surface area contributed by atoms with Gasteiger partial charge < -0.3 is 19.7 Å². The van der Waals surface area contributed by atoms with E-state index in [0.717, 1.165) is 29.2 Å². The van der Waals surface area contributed by atoms with Crippen molar-refractivity contribution in [2.75, 3.05) is 25.2 Å². The third-order valence-corrected chi connectivity index (χ3v) is 7.34. The summed E-state index contributed by atoms with van der Waals surface area (Å²) in [6.45, 7) is 9.81. The summed E-state index contributed by atoms with van der Waals surface area (Å²) in [6, 6.07) is 12.5. The molecule has 2 heterocycles. The number of fused-ring (bicyclic) bond motifs is 3. The van der Waals surface area contributed by atoms with Gasteiger partial charge in [0.2, 0.25) is 5.91 Å². The van der Waals surface area contributed by atoms with E-state index in [-0.39, 0.29) is 11.3 Å². The molecule has 1 saturated heterocycles. The molecule has 1 unspecified atom stereocenters. The number of nitrogens with one attached hydrogen (secondary N) is 1. The molecular weight excluding hydrogens is 424 g/mol. The fourth-order valence-electron chi connectivity index (χ4n) is 5.30. The lowest BCUT2D eigenvalue weighted by molar-refractivity contribution is -0.118. The van der Waals surface area contributed by atoms with Gasteiger partial charge in [-0.1, -0.05) is 76.3 Å². The molecule has 0 bridgehead atoms. The molecule has 5 heteroatoms. The van der Waals surface area contributed by atoms with Crippen molar-refractivity contribution in [1.82, 2.24) is 5.32 Å². The molecule has 2 aliphatic rings. The summed E-state index contributed by atoms with van der Waals surface area (Å²) in [4.78, 5) is 14.7. The van der Waals surface area contributed by atoms with E-state index in [1.165, 1.54) is 36.8 Å². The van der Waals surface area contributed by atoms with Gasteiger partial charge >= 0.3 is 0 Å². The van der Waals surface area contributed by atoms with Gasteiger partial charge in [-0.25, -0.2) is 0 Å². The highest BCUT2D eigenvalue weighted by molar-refractivity contribution is 5.91. The van der Waals surface area contributed by atoms with Crippen molar-refractivity contribution in [3.63, 3.8) is 0 Å². The molecular formula is C29H38N2O3. The third-order valence-electron chi connectivity index (χ3n) is 7.34. The Hall–Kier alpha value is -2.95. The Kier molecular flexibility index (Phi) is 6.92. The van der Waals surface area contributed by atoms with Crippen LogP contribution in [0.3, 0.4) is 0 Å². The minimum absolute atomic E-state index is 0.0456. The first-order valence-electron chi connectivity index (χ1n) is 12.5. The van der Waals surface area contributed by atoms with Gasteiger partial charge in [-0.2, -0.15) is 0 Å². The average molecular weight is 463 g/mol. The second-order valence-electron chi connectivity index (χ2n) is 10.1. The standard InChI is InChI=1S/C29H38N2O3/c1-6-7-8-9-10-17-34-25-14-12-22(19-26(25)33-5)15-16-29-28(3,4)23-18-21(2)11-13-24(23)31(29)20-27(32)30-29/h11-16,18-19H,6-10,17,20H2,1-5H3,(H,30,32)/b16-15+. The van der Waals surface area contributed by atoms with E-state index in [1.807, 2.05) is 18.2 Å². The molecule has 0 radical (unpaired) electrons. The predicted octanol–water partition coefficient (Wildman–Crippen LogP) is 5.99. The molecule has 2 aromatic rings. The lowest BCUT2D eigenvalue weighted by Crippen LogP contribution is -2.58. The topological polar surface area (TPSA) is 50.8 Å². The van der Waals surface area contributed by atoms with Gasteiger partial charge in [0.1, 0.15) is 5.66 Å². The fraction of sp³-hybridized carbons (Fsp3) is 0.483. The summed E-state index contributed by atoms with van der Waals surface area (Å²) in [6.07, 6.45) is 10.2. The number of aryl methyl sites for hydroxylation is 1. The van der Waals surface area contributed by atoms with Crippen molar-refractivity contribution >= 4 is 17.7 Å². The van der Waals surface area contributed by atoms with Gasteiger partial charge in [0, 0.05) is 11.1 Å². The maximum Gasteiger partial charge on any atom is 0.241 e. The van der Waals surface area contributed by atoms with E-state index in [0.29, 0.717) is 13.2 Å². The van der Waals surface area contributed by atoms with Crippen molar-refractivity contribution in [3.8, 4) is 11.5 Å². The highest BCUT2D eigenvalue weighted by Gasteiger charge is 2.59. The largest absolute Gasteiger partial charge is 0.493 e. The smallest absolute Gasteiger partial charge is 0.241 e. The third kappa shape index (κ3) is 4.28. The Morgan fingerprint density at radius 3 is 2.62 bits per heavy atom. The van der Waals surface area contributed by atoms with Crippen LogP contribution in [0.4, 0.5) is 5.69 Å². The van der Waals surface area contributed by atoms with E-state index in [4.69, 9.17) is 9.47 Å². The maximum absolute atomic E-state index is 12.5. The summed E-state index contributed by atoms with van der Waals surface area (Å²) >= 11 is 0. The normalized spacial score (nSPS) is 20.4. The Morgan fingerprint density at radius 1 is 1.06 bits per heavy atom. The number of amides is 1. The number of ether oxygens (including phenoxy) is 2. The quantitative estimate of drug-likeness (QED) is 0.441. The van der Waals surface area contributed by atoms with Crippen LogP contribution in [0.2, 0.25) is 0 Å². The highest BCUT2D eigenvalue weighted by Crippen LogP contribution is 2.53. The zero-order valence-electron chi connectivity index (χ0n) is 21.2. The average Bonchev–Trinajstić information content (AvgIpc) is 3.24. The molecule has 0 saturated carbocycles. The number of hydrogen-bond donors (Lipinski definition) is 1. The van der Waals surface area contributed by atoms with E-state index in [1.54, 1.807) is 7.11 Å². The SMILES string of the molecule is CCCCCCCOc1ccc(/C=C/C23NC(=O)CN2c2ccc(C)cc2C3(C)C)cc1OC. The Labute approximate surface area is 204 Å². The summed E-state index contributed by atoms with van der Waals surface area (Å²) in [7, 11) is 1.67. The van der Waals surface area contributed by atoms with Gasteiger partial charge in [0.25, 0.3) is 0 Å². The monoisotopic (exact) mass is 462 g/mol. The molecule has 0 aromatic heterocycles. The number of benzene rings is 2. The maximum atomic E-state index is 12.5. The minimum atomic E-state index is -0.610. The number of hydrogen-bond acceptors (Lipinski definition) is 4. The fourth-order valence-corrected chi connectivity index (χ4v) is 5.30. The van der Waals surface area contributed by atoms with Crippen molar-refractivity contribution in [2.45, 2.75) is 70.9 Å². The molecule has 1 atom stereocenters. The summed E-state index contributed by atoms with van der Waals surface area (Å²) in [5.74, 6) is 1.54. The van der Waals surface area contributed by atoms with Gasteiger partial charge in [0.05, 0.1) is 20.3 Å². The first-order valence-corrected chi connectivity index (χ1v) is 12.5. The van der Waals surface area contributed by atoms with Crippen molar-refractivity contribution in [1.29, 1.82) is 0 Å². The number of anilines is 1. The van der Waals surface area contributed by atoms with Crippen LogP contribution in [0.15, 0.2) is 42.5 Å². The van der Waals surface area contributed by atoms with Crippen LogP contribution in [0.1, 0.15) is 69.6 Å². The molecule has 0 aliphatic carbocycles. The Balaban J connectivity index is 1.55. The van der Waals surface area contributed by atoms with Crippen LogP contribution in [-0.2, 0) is 10.2 Å². The molecule has 5 nitrogen and oxygen atoms in total. The number of methoxy groups -OCH3 is 1. The predicted molar refractivity (Wildman–Crippen MR) is 139 cm³/mol. The van der Waals surface area contributed by atoms with Crippen LogP contribution in [0.5, 0.6) is 11.5 Å². The van der Waals surface area contributed by atoms with Crippen molar-refractivity contribution in [2.24, 2.45) is 0 Å². The van der Waals surface area contributed by atoms with E-state index < -0.39 is 5.66 Å². The lowest BCUT2D eigenvalue weighted by atomic mass is 9.75. The van der Waals surface area contributed by atoms with E-state index in [2.05, 4.69) is 68.3 Å². The molecule has 34 heavy (non-hydrogen) atoms. The van der Waals surface area contributed by atoms with Crippen molar-refractivity contribution < 1.29 is 14.3 Å². The van der Waals surface area contributed by atoms with Gasteiger partial charge in [-0.05, 0) is 48.7 Å². The Bertz CT molecular complexity index is 1080. The number of carbonyl (C=O) groups is 1. The van der Waals surface area contributed by atoms with Gasteiger partial charge in [-0.15, -0.1) is 0 Å². The first-order chi connectivity index (χ1) is 16.3.